The van der Waals surface area contributed by atoms with E-state index in [1.54, 1.807) is 20.8 Å². The lowest BCUT2D eigenvalue weighted by atomic mass is 9.88. The van der Waals surface area contributed by atoms with Crippen molar-refractivity contribution in [3.63, 3.8) is 0 Å². The van der Waals surface area contributed by atoms with Crippen LogP contribution in [0.1, 0.15) is 41.5 Å². The van der Waals surface area contributed by atoms with Gasteiger partial charge in [-0.3, -0.25) is 9.69 Å². The summed E-state index contributed by atoms with van der Waals surface area (Å²) in [6.07, 6.45) is 0. The van der Waals surface area contributed by atoms with Crippen molar-refractivity contribution >= 4 is 5.78 Å². The Morgan fingerprint density at radius 2 is 1.67 bits per heavy atom. The Balaban J connectivity index is 4.40. The normalized spacial score (nSPS) is 13.3. The lowest BCUT2D eigenvalue weighted by Crippen LogP contribution is -2.44. The lowest BCUT2D eigenvalue weighted by Gasteiger charge is -2.33. The summed E-state index contributed by atoms with van der Waals surface area (Å²) in [7, 11) is 0. The summed E-state index contributed by atoms with van der Waals surface area (Å²) in [4.78, 5) is 13.5. The van der Waals surface area contributed by atoms with Gasteiger partial charge in [0.15, 0.2) is 0 Å². The molecule has 0 saturated carbocycles. The van der Waals surface area contributed by atoms with Gasteiger partial charge in [0.25, 0.3) is 0 Å². The summed E-state index contributed by atoms with van der Waals surface area (Å²) in [5, 5.41) is 9.73. The maximum atomic E-state index is 11.4. The molecular formula is C12H25NO2. The number of rotatable bonds is 6. The Labute approximate surface area is 93.5 Å². The molecule has 0 heterocycles. The molecule has 0 aliphatic carbocycles. The number of likely N-dealkylation sites (N-methyl/N-ethyl adjacent to an activating group) is 1. The van der Waals surface area contributed by atoms with Gasteiger partial charge in [0.2, 0.25) is 0 Å². The number of ketones is 1. The number of Topliss-reactive ketones (excluding diaryl/α,β-unsaturated/α-hetero) is 1. The SMILES string of the molecule is CCN(CC(C)(C)O)CC(C)(C)C(C)=O. The molecule has 0 bridgehead atoms. The predicted molar refractivity (Wildman–Crippen MR) is 62.9 cm³/mol. The number of hydrogen-bond acceptors (Lipinski definition) is 3. The minimum atomic E-state index is -0.705. The Morgan fingerprint density at radius 1 is 1.20 bits per heavy atom. The highest BCUT2D eigenvalue weighted by Gasteiger charge is 2.28. The van der Waals surface area contributed by atoms with E-state index in [0.717, 1.165) is 6.54 Å². The molecule has 1 N–H and O–H groups in total. The van der Waals surface area contributed by atoms with Crippen LogP contribution in [-0.2, 0) is 4.79 Å². The molecule has 0 atom stereocenters. The van der Waals surface area contributed by atoms with Gasteiger partial charge in [-0.1, -0.05) is 20.8 Å². The van der Waals surface area contributed by atoms with E-state index in [9.17, 15) is 9.90 Å². The Kier molecular flexibility index (Phi) is 4.94. The molecule has 0 radical (unpaired) electrons. The van der Waals surface area contributed by atoms with Gasteiger partial charge in [-0.2, -0.15) is 0 Å². The highest BCUT2D eigenvalue weighted by atomic mass is 16.3. The fraction of sp³-hybridized carbons (Fsp3) is 0.917. The van der Waals surface area contributed by atoms with E-state index in [2.05, 4.69) is 4.90 Å². The Morgan fingerprint density at radius 3 is 1.93 bits per heavy atom. The second kappa shape index (κ2) is 5.08. The zero-order chi connectivity index (χ0) is 12.3. The smallest absolute Gasteiger partial charge is 0.136 e. The number of hydrogen-bond donors (Lipinski definition) is 1. The van der Waals surface area contributed by atoms with E-state index in [4.69, 9.17) is 0 Å². The summed E-state index contributed by atoms with van der Waals surface area (Å²) in [5.74, 6) is 0.191. The largest absolute Gasteiger partial charge is 0.389 e. The lowest BCUT2D eigenvalue weighted by molar-refractivity contribution is -0.126. The zero-order valence-corrected chi connectivity index (χ0v) is 10.9. The molecule has 0 unspecified atom stereocenters. The second-order valence-electron chi connectivity index (χ2n) is 5.56. The first kappa shape index (κ1) is 14.6. The quantitative estimate of drug-likeness (QED) is 0.733. The van der Waals surface area contributed by atoms with Crippen LogP contribution in [0.4, 0.5) is 0 Å². The molecule has 90 valence electrons. The summed E-state index contributed by atoms with van der Waals surface area (Å²) >= 11 is 0. The fourth-order valence-corrected chi connectivity index (χ4v) is 1.50. The maximum absolute atomic E-state index is 11.4. The highest BCUT2D eigenvalue weighted by molar-refractivity contribution is 5.81. The van der Waals surface area contributed by atoms with E-state index in [0.29, 0.717) is 13.1 Å². The van der Waals surface area contributed by atoms with Crippen molar-refractivity contribution < 1.29 is 9.90 Å². The molecular weight excluding hydrogens is 190 g/mol. The number of nitrogens with zero attached hydrogens (tertiary/aromatic N) is 1. The third-order valence-corrected chi connectivity index (χ3v) is 2.63. The molecule has 3 heteroatoms. The second-order valence-corrected chi connectivity index (χ2v) is 5.56. The van der Waals surface area contributed by atoms with Gasteiger partial charge in [0.05, 0.1) is 5.60 Å². The van der Waals surface area contributed by atoms with E-state index in [1.807, 2.05) is 20.8 Å². The van der Waals surface area contributed by atoms with Crippen LogP contribution in [-0.4, -0.2) is 41.0 Å². The third-order valence-electron chi connectivity index (χ3n) is 2.63. The van der Waals surface area contributed by atoms with Crippen LogP contribution in [0.3, 0.4) is 0 Å². The molecule has 0 fully saturated rings. The molecule has 0 aromatic rings. The summed E-state index contributed by atoms with van der Waals surface area (Å²) in [6.45, 7) is 13.3. The molecule has 0 saturated heterocycles. The first-order chi connectivity index (χ1) is 6.58. The molecule has 3 nitrogen and oxygen atoms in total. The summed E-state index contributed by atoms with van der Waals surface area (Å²) in [5.41, 5.74) is -1.04. The molecule has 0 amide bonds. The van der Waals surface area contributed by atoms with E-state index >= 15 is 0 Å². The first-order valence-corrected chi connectivity index (χ1v) is 5.54. The maximum Gasteiger partial charge on any atom is 0.136 e. The molecule has 0 spiro atoms. The van der Waals surface area contributed by atoms with Crippen LogP contribution < -0.4 is 0 Å². The average molecular weight is 215 g/mol. The van der Waals surface area contributed by atoms with Gasteiger partial charge in [-0.25, -0.2) is 0 Å². The average Bonchev–Trinajstić information content (AvgIpc) is 1.99. The minimum Gasteiger partial charge on any atom is -0.389 e. The van der Waals surface area contributed by atoms with Crippen LogP contribution in [0.5, 0.6) is 0 Å². The molecule has 0 aliphatic rings. The number of carbonyl (C=O) groups is 1. The van der Waals surface area contributed by atoms with E-state index in [-0.39, 0.29) is 11.2 Å². The van der Waals surface area contributed by atoms with Crippen molar-refractivity contribution in [1.29, 1.82) is 0 Å². The van der Waals surface area contributed by atoms with Gasteiger partial charge in [0.1, 0.15) is 5.78 Å². The minimum absolute atomic E-state index is 0.191. The highest BCUT2D eigenvalue weighted by Crippen LogP contribution is 2.19. The summed E-state index contributed by atoms with van der Waals surface area (Å²) < 4.78 is 0. The van der Waals surface area contributed by atoms with Gasteiger partial charge < -0.3 is 5.11 Å². The topological polar surface area (TPSA) is 40.5 Å². The standard InChI is InChI=1S/C12H25NO2/c1-7-13(9-12(5,6)15)8-11(3,4)10(2)14/h15H,7-9H2,1-6H3. The van der Waals surface area contributed by atoms with Crippen LogP contribution in [0.25, 0.3) is 0 Å². The van der Waals surface area contributed by atoms with Crippen LogP contribution in [0.2, 0.25) is 0 Å². The number of carbonyl (C=O) groups excluding carboxylic acids is 1. The summed E-state index contributed by atoms with van der Waals surface area (Å²) in [6, 6.07) is 0. The molecule has 0 rings (SSSR count). The van der Waals surface area contributed by atoms with Crippen molar-refractivity contribution in [3.05, 3.63) is 0 Å². The van der Waals surface area contributed by atoms with Crippen LogP contribution >= 0.6 is 0 Å². The van der Waals surface area contributed by atoms with Gasteiger partial charge in [-0.15, -0.1) is 0 Å². The van der Waals surface area contributed by atoms with Gasteiger partial charge in [-0.05, 0) is 27.3 Å². The van der Waals surface area contributed by atoms with Gasteiger partial charge in [0, 0.05) is 18.5 Å². The molecule has 0 aromatic heterocycles. The van der Waals surface area contributed by atoms with Crippen molar-refractivity contribution in [2.24, 2.45) is 5.41 Å². The van der Waals surface area contributed by atoms with Crippen LogP contribution in [0.15, 0.2) is 0 Å². The first-order valence-electron chi connectivity index (χ1n) is 5.54. The predicted octanol–water partition coefficient (Wildman–Crippen LogP) is 1.69. The van der Waals surface area contributed by atoms with Crippen LogP contribution in [0, 0.1) is 5.41 Å². The molecule has 0 aliphatic heterocycles. The van der Waals surface area contributed by atoms with Crippen molar-refractivity contribution in [2.75, 3.05) is 19.6 Å². The van der Waals surface area contributed by atoms with E-state index in [1.165, 1.54) is 0 Å². The Bertz CT molecular complexity index is 216. The van der Waals surface area contributed by atoms with Crippen molar-refractivity contribution in [3.8, 4) is 0 Å². The fourth-order valence-electron chi connectivity index (χ4n) is 1.50. The Hall–Kier alpha value is -0.410. The molecule has 15 heavy (non-hydrogen) atoms. The number of aliphatic hydroxyl groups is 1. The monoisotopic (exact) mass is 215 g/mol. The van der Waals surface area contributed by atoms with E-state index < -0.39 is 5.60 Å². The molecule has 0 aromatic carbocycles. The third kappa shape index (κ3) is 5.90. The van der Waals surface area contributed by atoms with Crippen molar-refractivity contribution in [2.45, 2.75) is 47.1 Å². The van der Waals surface area contributed by atoms with Gasteiger partial charge >= 0.3 is 0 Å². The van der Waals surface area contributed by atoms with Crippen molar-refractivity contribution in [1.82, 2.24) is 4.90 Å². The zero-order valence-electron chi connectivity index (χ0n) is 10.9.